The lowest BCUT2D eigenvalue weighted by Crippen LogP contribution is -2.20. The van der Waals surface area contributed by atoms with E-state index < -0.39 is 0 Å². The molecule has 0 atom stereocenters. The molecular weight excluding hydrogens is 264 g/mol. The Morgan fingerprint density at radius 3 is 2.38 bits per heavy atom. The van der Waals surface area contributed by atoms with Gasteiger partial charge < -0.3 is 4.98 Å². The monoisotopic (exact) mass is 288 g/mol. The molecule has 0 aliphatic carbocycles. The SMILES string of the molecule is Cc1nc(-c2cn(C)nc2C(C)(C)C)[nH]c(=O)c1C(C)C. The molecule has 2 aromatic rings. The largest absolute Gasteiger partial charge is 0.306 e. The van der Waals surface area contributed by atoms with Crippen LogP contribution in [-0.2, 0) is 12.5 Å². The van der Waals surface area contributed by atoms with E-state index in [9.17, 15) is 4.79 Å². The Morgan fingerprint density at radius 1 is 1.29 bits per heavy atom. The molecule has 5 heteroatoms. The molecule has 0 amide bonds. The highest BCUT2D eigenvalue weighted by atomic mass is 16.1. The van der Waals surface area contributed by atoms with E-state index in [0.717, 1.165) is 22.5 Å². The number of aromatic amines is 1. The number of nitrogens with one attached hydrogen (secondary N) is 1. The molecule has 0 aromatic carbocycles. The average Bonchev–Trinajstić information content (AvgIpc) is 2.69. The molecule has 0 saturated heterocycles. The number of aryl methyl sites for hydroxylation is 2. The maximum atomic E-state index is 12.3. The van der Waals surface area contributed by atoms with Gasteiger partial charge in [-0.05, 0) is 12.8 Å². The first-order valence-electron chi connectivity index (χ1n) is 7.26. The highest BCUT2D eigenvalue weighted by Crippen LogP contribution is 2.30. The molecule has 114 valence electrons. The number of hydrogen-bond acceptors (Lipinski definition) is 3. The second kappa shape index (κ2) is 5.13. The third kappa shape index (κ3) is 2.91. The van der Waals surface area contributed by atoms with Gasteiger partial charge in [0.15, 0.2) is 0 Å². The first-order chi connectivity index (χ1) is 9.61. The number of nitrogens with zero attached hydrogens (tertiary/aromatic N) is 3. The van der Waals surface area contributed by atoms with Gasteiger partial charge in [-0.25, -0.2) is 4.98 Å². The standard InChI is InChI=1S/C16H24N4O/c1-9(2)12-10(3)17-14(18-15(12)21)11-8-20(7)19-13(11)16(4,5)6/h8-9H,1-7H3,(H,17,18,21). The molecule has 2 rings (SSSR count). The van der Waals surface area contributed by atoms with E-state index in [-0.39, 0.29) is 16.9 Å². The molecule has 0 fully saturated rings. The summed E-state index contributed by atoms with van der Waals surface area (Å²) in [6, 6.07) is 0. The van der Waals surface area contributed by atoms with E-state index in [0.29, 0.717) is 5.82 Å². The lowest BCUT2D eigenvalue weighted by molar-refractivity contribution is 0.554. The number of hydrogen-bond donors (Lipinski definition) is 1. The highest BCUT2D eigenvalue weighted by molar-refractivity contribution is 5.59. The first kappa shape index (κ1) is 15.5. The molecule has 0 aliphatic heterocycles. The summed E-state index contributed by atoms with van der Waals surface area (Å²) in [6.45, 7) is 12.2. The summed E-state index contributed by atoms with van der Waals surface area (Å²) >= 11 is 0. The highest BCUT2D eigenvalue weighted by Gasteiger charge is 2.24. The Bertz CT molecular complexity index is 717. The maximum absolute atomic E-state index is 12.3. The molecule has 5 nitrogen and oxygen atoms in total. The summed E-state index contributed by atoms with van der Waals surface area (Å²) in [4.78, 5) is 19.8. The maximum Gasteiger partial charge on any atom is 0.254 e. The van der Waals surface area contributed by atoms with Crippen molar-refractivity contribution in [2.45, 2.75) is 52.9 Å². The van der Waals surface area contributed by atoms with Crippen LogP contribution in [-0.4, -0.2) is 19.7 Å². The molecule has 0 saturated carbocycles. The molecule has 0 aliphatic rings. The minimum Gasteiger partial charge on any atom is -0.306 e. The summed E-state index contributed by atoms with van der Waals surface area (Å²) in [5, 5.41) is 4.53. The van der Waals surface area contributed by atoms with Crippen LogP contribution in [0.1, 0.15) is 57.5 Å². The van der Waals surface area contributed by atoms with Crippen molar-refractivity contribution in [3.05, 3.63) is 33.5 Å². The lowest BCUT2D eigenvalue weighted by atomic mass is 9.89. The Labute approximate surface area is 125 Å². The third-order valence-electron chi connectivity index (χ3n) is 3.52. The van der Waals surface area contributed by atoms with Crippen molar-refractivity contribution >= 4 is 0 Å². The fourth-order valence-electron chi connectivity index (χ4n) is 2.62. The number of aromatic nitrogens is 4. The molecular formula is C16H24N4O. The van der Waals surface area contributed by atoms with Gasteiger partial charge in [0.1, 0.15) is 5.82 Å². The molecule has 0 radical (unpaired) electrons. The van der Waals surface area contributed by atoms with E-state index in [1.165, 1.54) is 0 Å². The van der Waals surface area contributed by atoms with Crippen LogP contribution < -0.4 is 5.56 Å². The van der Waals surface area contributed by atoms with Crippen molar-refractivity contribution in [3.63, 3.8) is 0 Å². The quantitative estimate of drug-likeness (QED) is 0.924. The zero-order valence-corrected chi connectivity index (χ0v) is 13.9. The normalized spacial score (nSPS) is 12.2. The first-order valence-corrected chi connectivity index (χ1v) is 7.26. The van der Waals surface area contributed by atoms with E-state index in [1.807, 2.05) is 34.0 Å². The Morgan fingerprint density at radius 2 is 1.90 bits per heavy atom. The second-order valence-electron chi connectivity index (χ2n) is 6.88. The van der Waals surface area contributed by atoms with Crippen molar-refractivity contribution in [3.8, 4) is 11.4 Å². The minimum atomic E-state index is -0.111. The average molecular weight is 288 g/mol. The van der Waals surface area contributed by atoms with Gasteiger partial charge in [0.25, 0.3) is 5.56 Å². The Balaban J connectivity index is 2.67. The van der Waals surface area contributed by atoms with Gasteiger partial charge in [-0.1, -0.05) is 34.6 Å². The van der Waals surface area contributed by atoms with E-state index >= 15 is 0 Å². The summed E-state index contributed by atoms with van der Waals surface area (Å²) < 4.78 is 1.77. The summed E-state index contributed by atoms with van der Waals surface area (Å²) in [7, 11) is 1.88. The van der Waals surface area contributed by atoms with Crippen LogP contribution in [0.15, 0.2) is 11.0 Å². The van der Waals surface area contributed by atoms with Crippen LogP contribution in [0, 0.1) is 6.92 Å². The summed E-state index contributed by atoms with van der Waals surface area (Å²) in [5.74, 6) is 0.756. The van der Waals surface area contributed by atoms with Gasteiger partial charge in [-0.3, -0.25) is 9.48 Å². The van der Waals surface area contributed by atoms with Gasteiger partial charge in [0.05, 0.1) is 11.3 Å². The van der Waals surface area contributed by atoms with E-state index in [2.05, 4.69) is 35.8 Å². The second-order valence-corrected chi connectivity index (χ2v) is 6.88. The molecule has 0 bridgehead atoms. The van der Waals surface area contributed by atoms with Crippen molar-refractivity contribution in [2.75, 3.05) is 0 Å². The molecule has 1 N–H and O–H groups in total. The summed E-state index contributed by atoms with van der Waals surface area (Å²) in [6.07, 6.45) is 1.91. The van der Waals surface area contributed by atoms with Crippen molar-refractivity contribution < 1.29 is 0 Å². The molecule has 0 spiro atoms. The zero-order chi connectivity index (χ0) is 15.9. The smallest absolute Gasteiger partial charge is 0.254 e. The van der Waals surface area contributed by atoms with Gasteiger partial charge in [-0.2, -0.15) is 5.10 Å². The Hall–Kier alpha value is -1.91. The topological polar surface area (TPSA) is 63.6 Å². The van der Waals surface area contributed by atoms with Gasteiger partial charge in [0.2, 0.25) is 0 Å². The molecule has 2 heterocycles. The Kier molecular flexibility index (Phi) is 3.78. The zero-order valence-electron chi connectivity index (χ0n) is 13.9. The predicted molar refractivity (Wildman–Crippen MR) is 84.6 cm³/mol. The predicted octanol–water partition coefficient (Wildman–Crippen LogP) is 2.90. The van der Waals surface area contributed by atoms with Crippen molar-refractivity contribution in [1.29, 1.82) is 0 Å². The van der Waals surface area contributed by atoms with Crippen LogP contribution in [0.3, 0.4) is 0 Å². The molecule has 2 aromatic heterocycles. The molecule has 21 heavy (non-hydrogen) atoms. The lowest BCUT2D eigenvalue weighted by Gasteiger charge is -2.17. The van der Waals surface area contributed by atoms with E-state index in [1.54, 1.807) is 4.68 Å². The van der Waals surface area contributed by atoms with Crippen LogP contribution in [0.4, 0.5) is 0 Å². The minimum absolute atomic E-state index is 0.0591. The van der Waals surface area contributed by atoms with Crippen molar-refractivity contribution in [1.82, 2.24) is 19.7 Å². The van der Waals surface area contributed by atoms with Crippen molar-refractivity contribution in [2.24, 2.45) is 7.05 Å². The van der Waals surface area contributed by atoms with Gasteiger partial charge in [0, 0.05) is 29.9 Å². The fourth-order valence-corrected chi connectivity index (χ4v) is 2.62. The molecule has 0 unspecified atom stereocenters. The van der Waals surface area contributed by atoms with Crippen LogP contribution in [0.25, 0.3) is 11.4 Å². The van der Waals surface area contributed by atoms with Crippen LogP contribution in [0.5, 0.6) is 0 Å². The number of H-pyrrole nitrogens is 1. The van der Waals surface area contributed by atoms with Gasteiger partial charge >= 0.3 is 0 Å². The van der Waals surface area contributed by atoms with Crippen LogP contribution in [0.2, 0.25) is 0 Å². The number of rotatable bonds is 2. The summed E-state index contributed by atoms with van der Waals surface area (Å²) in [5.41, 5.74) is 3.19. The van der Waals surface area contributed by atoms with E-state index in [4.69, 9.17) is 0 Å². The van der Waals surface area contributed by atoms with Crippen LogP contribution >= 0.6 is 0 Å². The fraction of sp³-hybridized carbons (Fsp3) is 0.562. The van der Waals surface area contributed by atoms with Gasteiger partial charge in [-0.15, -0.1) is 0 Å². The third-order valence-corrected chi connectivity index (χ3v) is 3.52.